The molecule has 3 N–H and O–H groups in total. The van der Waals surface area contributed by atoms with E-state index in [1.165, 1.54) is 16.4 Å². The summed E-state index contributed by atoms with van der Waals surface area (Å²) < 4.78 is 26.0. The molecule has 0 amide bonds. The summed E-state index contributed by atoms with van der Waals surface area (Å²) in [4.78, 5) is 11.1. The second-order valence-electron chi connectivity index (χ2n) is 4.61. The topological polar surface area (TPSA) is 101 Å². The zero-order valence-electron chi connectivity index (χ0n) is 10.3. The highest BCUT2D eigenvalue weighted by Crippen LogP contribution is 2.24. The Labute approximate surface area is 111 Å². The molecule has 1 atom stereocenters. The van der Waals surface area contributed by atoms with Gasteiger partial charge < -0.3 is 10.8 Å². The smallest absolute Gasteiger partial charge is 0.307 e. The van der Waals surface area contributed by atoms with Gasteiger partial charge in [-0.3, -0.25) is 4.79 Å². The van der Waals surface area contributed by atoms with Crippen molar-refractivity contribution in [2.24, 2.45) is 5.92 Å². The fourth-order valence-corrected chi connectivity index (χ4v) is 3.77. The number of rotatable bonds is 3. The second kappa shape index (κ2) is 5.18. The van der Waals surface area contributed by atoms with Gasteiger partial charge in [-0.15, -0.1) is 0 Å². The van der Waals surface area contributed by atoms with Crippen LogP contribution in [0, 0.1) is 5.92 Å². The number of nitrogen functional groups attached to an aromatic ring is 1. The number of nitrogens with two attached hydrogens (primary N) is 1. The van der Waals surface area contributed by atoms with E-state index in [9.17, 15) is 13.2 Å². The Morgan fingerprint density at radius 1 is 1.42 bits per heavy atom. The van der Waals surface area contributed by atoms with Crippen LogP contribution in [0.2, 0.25) is 0 Å². The van der Waals surface area contributed by atoms with Gasteiger partial charge in [0, 0.05) is 18.8 Å². The molecule has 0 bridgehead atoms. The van der Waals surface area contributed by atoms with Crippen LogP contribution in [0.3, 0.4) is 0 Å². The molecule has 104 valence electrons. The molecule has 0 spiro atoms. The zero-order valence-corrected chi connectivity index (χ0v) is 11.1. The Kier molecular flexibility index (Phi) is 3.77. The second-order valence-corrected chi connectivity index (χ2v) is 6.55. The standard InChI is InChI=1S/C12H16N2O4S/c13-10-4-1-5-11(7-10)19(17,18)14-6-2-3-9(8-14)12(15)16/h1,4-5,7,9H,2-3,6,8,13H2,(H,15,16). The monoisotopic (exact) mass is 284 g/mol. The van der Waals surface area contributed by atoms with E-state index in [0.29, 0.717) is 25.1 Å². The number of nitrogens with zero attached hydrogens (tertiary/aromatic N) is 1. The number of benzene rings is 1. The van der Waals surface area contributed by atoms with Crippen LogP contribution in [0.25, 0.3) is 0 Å². The Balaban J connectivity index is 2.27. The van der Waals surface area contributed by atoms with Crippen molar-refractivity contribution in [3.8, 4) is 0 Å². The van der Waals surface area contributed by atoms with Crippen LogP contribution in [0.15, 0.2) is 29.2 Å². The molecule has 1 aromatic carbocycles. The average molecular weight is 284 g/mol. The van der Waals surface area contributed by atoms with Gasteiger partial charge in [0.2, 0.25) is 10.0 Å². The van der Waals surface area contributed by atoms with Crippen molar-refractivity contribution in [2.75, 3.05) is 18.8 Å². The molecule has 0 saturated carbocycles. The number of piperidine rings is 1. The number of hydrogen-bond donors (Lipinski definition) is 2. The van der Waals surface area contributed by atoms with E-state index < -0.39 is 21.9 Å². The maximum Gasteiger partial charge on any atom is 0.307 e. The summed E-state index contributed by atoms with van der Waals surface area (Å²) in [6, 6.07) is 6.03. The molecule has 1 heterocycles. The molecular weight excluding hydrogens is 268 g/mol. The predicted octanol–water partition coefficient (Wildman–Crippen LogP) is 0.754. The van der Waals surface area contributed by atoms with Crippen molar-refractivity contribution in [1.82, 2.24) is 4.31 Å². The van der Waals surface area contributed by atoms with Crippen LogP contribution in [0.1, 0.15) is 12.8 Å². The highest BCUT2D eigenvalue weighted by atomic mass is 32.2. The molecule has 7 heteroatoms. The van der Waals surface area contributed by atoms with Gasteiger partial charge in [-0.05, 0) is 31.0 Å². The third-order valence-electron chi connectivity index (χ3n) is 3.23. The summed E-state index contributed by atoms with van der Waals surface area (Å²) in [7, 11) is -3.66. The number of carbonyl (C=O) groups is 1. The lowest BCUT2D eigenvalue weighted by atomic mass is 10.0. The van der Waals surface area contributed by atoms with Crippen molar-refractivity contribution in [1.29, 1.82) is 0 Å². The minimum absolute atomic E-state index is 0.0203. The van der Waals surface area contributed by atoms with Crippen LogP contribution in [0.5, 0.6) is 0 Å². The summed E-state index contributed by atoms with van der Waals surface area (Å²) in [5.74, 6) is -1.59. The van der Waals surface area contributed by atoms with Crippen molar-refractivity contribution in [3.05, 3.63) is 24.3 Å². The van der Waals surface area contributed by atoms with Gasteiger partial charge in [0.15, 0.2) is 0 Å². The van der Waals surface area contributed by atoms with Gasteiger partial charge in [0.1, 0.15) is 0 Å². The maximum absolute atomic E-state index is 12.4. The summed E-state index contributed by atoms with van der Waals surface area (Å²) >= 11 is 0. The van der Waals surface area contributed by atoms with Crippen LogP contribution in [-0.2, 0) is 14.8 Å². The molecule has 6 nitrogen and oxygen atoms in total. The number of hydrogen-bond acceptors (Lipinski definition) is 4. The molecule has 1 unspecified atom stereocenters. The average Bonchev–Trinajstić information content (AvgIpc) is 2.39. The summed E-state index contributed by atoms with van der Waals surface area (Å²) in [5, 5.41) is 8.99. The lowest BCUT2D eigenvalue weighted by Gasteiger charge is -2.29. The van der Waals surface area contributed by atoms with E-state index in [1.54, 1.807) is 12.1 Å². The molecule has 0 aromatic heterocycles. The van der Waals surface area contributed by atoms with Crippen LogP contribution < -0.4 is 5.73 Å². The molecule has 2 rings (SSSR count). The third kappa shape index (κ3) is 2.87. The minimum Gasteiger partial charge on any atom is -0.481 e. The van der Waals surface area contributed by atoms with Gasteiger partial charge >= 0.3 is 5.97 Å². The van der Waals surface area contributed by atoms with Crippen molar-refractivity contribution < 1.29 is 18.3 Å². The van der Waals surface area contributed by atoms with Crippen LogP contribution in [-0.4, -0.2) is 36.9 Å². The first-order chi connectivity index (χ1) is 8.91. The normalized spacial score (nSPS) is 21.2. The Morgan fingerprint density at radius 2 is 2.16 bits per heavy atom. The SMILES string of the molecule is Nc1cccc(S(=O)(=O)N2CCCC(C(=O)O)C2)c1. The molecule has 1 aliphatic rings. The van der Waals surface area contributed by atoms with Gasteiger partial charge in [0.05, 0.1) is 10.8 Å². The fourth-order valence-electron chi connectivity index (χ4n) is 2.19. The largest absolute Gasteiger partial charge is 0.481 e. The highest BCUT2D eigenvalue weighted by molar-refractivity contribution is 7.89. The van der Waals surface area contributed by atoms with Crippen molar-refractivity contribution >= 4 is 21.7 Å². The number of carboxylic acid groups (broad SMARTS) is 1. The Morgan fingerprint density at radius 3 is 2.79 bits per heavy atom. The van der Waals surface area contributed by atoms with Crippen LogP contribution >= 0.6 is 0 Å². The maximum atomic E-state index is 12.4. The lowest BCUT2D eigenvalue weighted by Crippen LogP contribution is -2.42. The summed E-state index contributed by atoms with van der Waals surface area (Å²) in [5.41, 5.74) is 5.95. The van der Waals surface area contributed by atoms with E-state index in [1.807, 2.05) is 0 Å². The van der Waals surface area contributed by atoms with Crippen molar-refractivity contribution in [3.63, 3.8) is 0 Å². The molecular formula is C12H16N2O4S. The fraction of sp³-hybridized carbons (Fsp3) is 0.417. The quantitative estimate of drug-likeness (QED) is 0.798. The first-order valence-electron chi connectivity index (χ1n) is 6.00. The predicted molar refractivity (Wildman–Crippen MR) is 70.0 cm³/mol. The minimum atomic E-state index is -3.66. The number of aliphatic carboxylic acids is 1. The van der Waals surface area contributed by atoms with E-state index in [2.05, 4.69) is 0 Å². The van der Waals surface area contributed by atoms with Gasteiger partial charge in [0.25, 0.3) is 0 Å². The van der Waals surface area contributed by atoms with Crippen molar-refractivity contribution in [2.45, 2.75) is 17.7 Å². The molecule has 1 fully saturated rings. The third-order valence-corrected chi connectivity index (χ3v) is 5.09. The summed E-state index contributed by atoms with van der Waals surface area (Å²) in [6.07, 6.45) is 1.07. The van der Waals surface area contributed by atoms with E-state index in [-0.39, 0.29) is 11.4 Å². The molecule has 1 aliphatic heterocycles. The van der Waals surface area contributed by atoms with E-state index >= 15 is 0 Å². The molecule has 0 aliphatic carbocycles. The first kappa shape index (κ1) is 13.8. The lowest BCUT2D eigenvalue weighted by molar-refractivity contribution is -0.142. The number of anilines is 1. The molecule has 0 radical (unpaired) electrons. The Hall–Kier alpha value is -1.60. The number of sulfonamides is 1. The molecule has 1 aromatic rings. The zero-order chi connectivity index (χ0) is 14.0. The highest BCUT2D eigenvalue weighted by Gasteiger charge is 2.33. The van der Waals surface area contributed by atoms with Crippen LogP contribution in [0.4, 0.5) is 5.69 Å². The number of carboxylic acids is 1. The van der Waals surface area contributed by atoms with Gasteiger partial charge in [-0.25, -0.2) is 8.42 Å². The molecule has 1 saturated heterocycles. The van der Waals surface area contributed by atoms with E-state index in [0.717, 1.165) is 0 Å². The Bertz CT molecular complexity index is 585. The molecule has 19 heavy (non-hydrogen) atoms. The van der Waals surface area contributed by atoms with Gasteiger partial charge in [-0.2, -0.15) is 4.31 Å². The van der Waals surface area contributed by atoms with Gasteiger partial charge in [-0.1, -0.05) is 6.07 Å². The summed E-state index contributed by atoms with van der Waals surface area (Å²) in [6.45, 7) is 0.368. The first-order valence-corrected chi connectivity index (χ1v) is 7.44. The van der Waals surface area contributed by atoms with E-state index in [4.69, 9.17) is 10.8 Å².